The number of ketones is 2. The number of rotatable bonds is 4. The number of fused-ring (bicyclic) bond motifs is 2. The summed E-state index contributed by atoms with van der Waals surface area (Å²) in [6, 6.07) is 1.61. The number of allylic oxidation sites excluding steroid dienone is 2. The Morgan fingerprint density at radius 3 is 2.70 bits per heavy atom. The average molecular weight is 416 g/mol. The highest BCUT2D eigenvalue weighted by atomic mass is 16.7. The van der Waals surface area contributed by atoms with Gasteiger partial charge in [-0.25, -0.2) is 0 Å². The molecule has 4 atom stereocenters. The van der Waals surface area contributed by atoms with E-state index in [1.807, 2.05) is 6.92 Å². The molecule has 0 radical (unpaired) electrons. The van der Waals surface area contributed by atoms with Crippen molar-refractivity contribution >= 4 is 17.6 Å². The third-order valence-electron chi connectivity index (χ3n) is 5.55. The molecule has 3 aliphatic rings. The summed E-state index contributed by atoms with van der Waals surface area (Å²) in [6.07, 6.45) is 0.675. The first-order valence-corrected chi connectivity index (χ1v) is 9.97. The van der Waals surface area contributed by atoms with Crippen molar-refractivity contribution in [1.29, 1.82) is 0 Å². The van der Waals surface area contributed by atoms with Crippen LogP contribution in [0.15, 0.2) is 23.5 Å². The van der Waals surface area contributed by atoms with Crippen LogP contribution in [0.25, 0.3) is 6.08 Å². The maximum Gasteiger partial charge on any atom is 0.198 e. The van der Waals surface area contributed by atoms with Crippen LogP contribution < -0.4 is 0 Å². The van der Waals surface area contributed by atoms with E-state index in [0.29, 0.717) is 23.3 Å². The molecule has 0 unspecified atom stereocenters. The first-order valence-electron chi connectivity index (χ1n) is 9.97. The van der Waals surface area contributed by atoms with Gasteiger partial charge in [-0.15, -0.1) is 0 Å². The molecule has 1 aliphatic carbocycles. The summed E-state index contributed by atoms with van der Waals surface area (Å²) < 4.78 is 16.7. The van der Waals surface area contributed by atoms with Gasteiger partial charge >= 0.3 is 0 Å². The zero-order valence-corrected chi connectivity index (χ0v) is 16.8. The average Bonchev–Trinajstić information content (AvgIpc) is 2.70. The van der Waals surface area contributed by atoms with Crippen LogP contribution in [-0.4, -0.2) is 58.6 Å². The normalized spacial score (nSPS) is 28.3. The van der Waals surface area contributed by atoms with Crippen LogP contribution in [0.1, 0.15) is 64.6 Å². The monoisotopic (exact) mass is 416 g/mol. The molecule has 1 saturated heterocycles. The van der Waals surface area contributed by atoms with E-state index in [0.717, 1.165) is 12.5 Å². The SMILES string of the molecule is CCC[C@H]1OC(C)=Cc2cc3c(c(O)c21)C(=O)C([C@H]1OC[C@H](O)[C@@H](CO)O1)=CC3=O. The fourth-order valence-corrected chi connectivity index (χ4v) is 4.10. The molecule has 30 heavy (non-hydrogen) atoms. The van der Waals surface area contributed by atoms with E-state index in [-0.39, 0.29) is 29.1 Å². The minimum atomic E-state index is -1.23. The third-order valence-corrected chi connectivity index (χ3v) is 5.55. The van der Waals surface area contributed by atoms with E-state index >= 15 is 0 Å². The number of carbonyl (C=O) groups is 2. The zero-order valence-electron chi connectivity index (χ0n) is 16.8. The highest BCUT2D eigenvalue weighted by Gasteiger charge is 2.40. The smallest absolute Gasteiger partial charge is 0.198 e. The number of aliphatic hydroxyl groups excluding tert-OH is 2. The number of ether oxygens (including phenoxy) is 3. The van der Waals surface area contributed by atoms with Crippen LogP contribution in [-0.2, 0) is 14.2 Å². The molecular weight excluding hydrogens is 392 g/mol. The summed E-state index contributed by atoms with van der Waals surface area (Å²) in [5, 5.41) is 30.2. The highest BCUT2D eigenvalue weighted by molar-refractivity contribution is 6.26. The minimum absolute atomic E-state index is 0.0800. The van der Waals surface area contributed by atoms with Crippen molar-refractivity contribution in [2.75, 3.05) is 13.2 Å². The Bertz CT molecular complexity index is 960. The number of phenols is 1. The summed E-state index contributed by atoms with van der Waals surface area (Å²) >= 11 is 0. The molecule has 1 aromatic rings. The number of phenolic OH excluding ortho intramolecular Hbond substituents is 1. The van der Waals surface area contributed by atoms with Gasteiger partial charge in [0.2, 0.25) is 0 Å². The Hall–Kier alpha value is -2.52. The molecule has 1 aromatic carbocycles. The Balaban J connectivity index is 1.77. The highest BCUT2D eigenvalue weighted by Crippen LogP contribution is 2.44. The second kappa shape index (κ2) is 7.96. The molecule has 2 aliphatic heterocycles. The molecule has 160 valence electrons. The summed E-state index contributed by atoms with van der Waals surface area (Å²) in [6.45, 7) is 3.17. The van der Waals surface area contributed by atoms with Gasteiger partial charge in [0.25, 0.3) is 0 Å². The number of hydrogen-bond donors (Lipinski definition) is 3. The van der Waals surface area contributed by atoms with E-state index in [9.17, 15) is 24.9 Å². The molecule has 0 aromatic heterocycles. The van der Waals surface area contributed by atoms with E-state index < -0.39 is 42.8 Å². The van der Waals surface area contributed by atoms with Gasteiger partial charge in [-0.2, -0.15) is 0 Å². The van der Waals surface area contributed by atoms with Gasteiger partial charge in [0, 0.05) is 11.1 Å². The second-order valence-corrected chi connectivity index (χ2v) is 7.68. The van der Waals surface area contributed by atoms with Crippen molar-refractivity contribution in [3.63, 3.8) is 0 Å². The van der Waals surface area contributed by atoms with Crippen molar-refractivity contribution in [2.45, 2.75) is 51.3 Å². The lowest BCUT2D eigenvalue weighted by molar-refractivity contribution is -0.241. The molecule has 0 saturated carbocycles. The Morgan fingerprint density at radius 1 is 1.23 bits per heavy atom. The maximum atomic E-state index is 13.3. The molecule has 0 spiro atoms. The summed E-state index contributed by atoms with van der Waals surface area (Å²) in [5.74, 6) is -0.655. The van der Waals surface area contributed by atoms with Gasteiger partial charge in [-0.1, -0.05) is 13.3 Å². The van der Waals surface area contributed by atoms with Gasteiger partial charge < -0.3 is 29.5 Å². The van der Waals surface area contributed by atoms with E-state index in [1.165, 1.54) is 0 Å². The Labute approximate surface area is 173 Å². The van der Waals surface area contributed by atoms with Gasteiger partial charge in [0.15, 0.2) is 17.9 Å². The van der Waals surface area contributed by atoms with E-state index in [1.54, 1.807) is 19.1 Å². The summed E-state index contributed by atoms with van der Waals surface area (Å²) in [7, 11) is 0. The topological polar surface area (TPSA) is 123 Å². The molecule has 1 fully saturated rings. The molecule has 3 N–H and O–H groups in total. The Morgan fingerprint density at radius 2 is 2.00 bits per heavy atom. The number of hydrogen-bond acceptors (Lipinski definition) is 8. The summed E-state index contributed by atoms with van der Waals surface area (Å²) in [4.78, 5) is 26.1. The van der Waals surface area contributed by atoms with Crippen molar-refractivity contribution < 1.29 is 39.1 Å². The predicted molar refractivity (Wildman–Crippen MR) is 105 cm³/mol. The number of aliphatic hydroxyl groups is 2. The maximum absolute atomic E-state index is 13.3. The molecule has 0 bridgehead atoms. The molecule has 8 heteroatoms. The molecule has 8 nitrogen and oxygen atoms in total. The standard InChI is InChI=1S/C22H24O8/c1-3-4-16-18-11(5-10(2)29-16)6-12-14(24)7-13(20(26)19(12)21(18)27)22-28-9-15(25)17(8-23)30-22/h5-7,15-17,22-23,25,27H,3-4,8-9H2,1-2H3/t15-,16+,17+,22-/m0/s1. The van der Waals surface area contributed by atoms with Crippen molar-refractivity contribution in [1.82, 2.24) is 0 Å². The number of benzene rings is 1. The van der Waals surface area contributed by atoms with Crippen LogP contribution in [0.3, 0.4) is 0 Å². The molecular formula is C22H24O8. The first-order chi connectivity index (χ1) is 14.3. The molecule has 4 rings (SSSR count). The fourth-order valence-electron chi connectivity index (χ4n) is 4.10. The van der Waals surface area contributed by atoms with Crippen molar-refractivity contribution in [3.05, 3.63) is 45.7 Å². The van der Waals surface area contributed by atoms with Gasteiger partial charge in [-0.3, -0.25) is 9.59 Å². The van der Waals surface area contributed by atoms with Crippen LogP contribution in [0.2, 0.25) is 0 Å². The zero-order chi connectivity index (χ0) is 21.6. The van der Waals surface area contributed by atoms with Crippen LogP contribution >= 0.6 is 0 Å². The number of aromatic hydroxyl groups is 1. The second-order valence-electron chi connectivity index (χ2n) is 7.68. The van der Waals surface area contributed by atoms with Crippen molar-refractivity contribution in [2.24, 2.45) is 0 Å². The van der Waals surface area contributed by atoms with Crippen LogP contribution in [0.4, 0.5) is 0 Å². The number of Topliss-reactive ketones (excluding diaryl/α,β-unsaturated/α-hetero) is 1. The van der Waals surface area contributed by atoms with Crippen LogP contribution in [0.5, 0.6) is 5.75 Å². The van der Waals surface area contributed by atoms with E-state index in [2.05, 4.69) is 0 Å². The predicted octanol–water partition coefficient (Wildman–Crippen LogP) is 2.02. The quantitative estimate of drug-likeness (QED) is 0.681. The first kappa shape index (κ1) is 20.7. The van der Waals surface area contributed by atoms with Crippen LogP contribution in [0, 0.1) is 0 Å². The largest absolute Gasteiger partial charge is 0.507 e. The van der Waals surface area contributed by atoms with E-state index in [4.69, 9.17) is 14.2 Å². The lowest BCUT2D eigenvalue weighted by atomic mass is 9.82. The Kier molecular flexibility index (Phi) is 5.50. The number of carbonyl (C=O) groups excluding carboxylic acids is 2. The molecule has 2 heterocycles. The van der Waals surface area contributed by atoms with Gasteiger partial charge in [0.1, 0.15) is 24.1 Å². The minimum Gasteiger partial charge on any atom is -0.507 e. The van der Waals surface area contributed by atoms with Gasteiger partial charge in [-0.05, 0) is 37.1 Å². The fraction of sp³-hybridized carbons (Fsp3) is 0.455. The summed E-state index contributed by atoms with van der Waals surface area (Å²) in [5.41, 5.74) is 1.06. The third kappa shape index (κ3) is 3.35. The lowest BCUT2D eigenvalue weighted by Gasteiger charge is -2.35. The van der Waals surface area contributed by atoms with Crippen molar-refractivity contribution in [3.8, 4) is 5.75 Å². The lowest BCUT2D eigenvalue weighted by Crippen LogP contribution is -2.47. The molecule has 0 amide bonds. The van der Waals surface area contributed by atoms with Gasteiger partial charge in [0.05, 0.1) is 30.1 Å².